The summed E-state index contributed by atoms with van der Waals surface area (Å²) in [6, 6.07) is 4.78. The molecule has 8 heteroatoms. The van der Waals surface area contributed by atoms with Gasteiger partial charge in [0, 0.05) is 24.1 Å². The second-order valence-electron chi connectivity index (χ2n) is 5.46. The molecule has 21 heavy (non-hydrogen) atoms. The number of methoxy groups -OCH3 is 1. The zero-order chi connectivity index (χ0) is 15.6. The molecule has 0 saturated heterocycles. The van der Waals surface area contributed by atoms with Gasteiger partial charge in [0.25, 0.3) is 0 Å². The molecule has 0 spiro atoms. The van der Waals surface area contributed by atoms with Crippen LogP contribution in [0, 0.1) is 5.41 Å². The van der Waals surface area contributed by atoms with E-state index in [0.717, 1.165) is 0 Å². The second-order valence-corrected chi connectivity index (χ2v) is 8.42. The van der Waals surface area contributed by atoms with E-state index in [9.17, 15) is 8.42 Å². The Balaban J connectivity index is 0.00000400. The Kier molecular flexibility index (Phi) is 7.66. The van der Waals surface area contributed by atoms with Crippen LogP contribution in [-0.2, 0) is 10.0 Å². The summed E-state index contributed by atoms with van der Waals surface area (Å²) in [5.74, 6) is 0.490. The normalized spacial score (nSPS) is 12.1. The highest BCUT2D eigenvalue weighted by Gasteiger charge is 2.27. The van der Waals surface area contributed by atoms with Crippen LogP contribution in [0.3, 0.4) is 0 Å². The minimum Gasteiger partial charge on any atom is -0.497 e. The van der Waals surface area contributed by atoms with Crippen molar-refractivity contribution in [2.24, 2.45) is 11.1 Å². The highest BCUT2D eigenvalue weighted by molar-refractivity contribution is 9.10. The van der Waals surface area contributed by atoms with Crippen LogP contribution in [0.5, 0.6) is 5.75 Å². The Labute approximate surface area is 141 Å². The van der Waals surface area contributed by atoms with Crippen LogP contribution < -0.4 is 10.5 Å². The van der Waals surface area contributed by atoms with Crippen molar-refractivity contribution in [2.45, 2.75) is 18.7 Å². The van der Waals surface area contributed by atoms with Crippen molar-refractivity contribution in [3.05, 3.63) is 22.7 Å². The summed E-state index contributed by atoms with van der Waals surface area (Å²) >= 11 is 3.29. The van der Waals surface area contributed by atoms with Crippen LogP contribution in [0.2, 0.25) is 0 Å². The minimum atomic E-state index is -3.57. The predicted molar refractivity (Wildman–Crippen MR) is 90.6 cm³/mol. The molecule has 0 unspecified atom stereocenters. The number of rotatable bonds is 6. The van der Waals surface area contributed by atoms with E-state index in [4.69, 9.17) is 10.5 Å². The maximum absolute atomic E-state index is 12.6. The van der Waals surface area contributed by atoms with Gasteiger partial charge in [-0.15, -0.1) is 12.4 Å². The number of sulfonamides is 1. The molecule has 1 aromatic rings. The minimum absolute atomic E-state index is 0. The Morgan fingerprint density at radius 3 is 2.38 bits per heavy atom. The quantitative estimate of drug-likeness (QED) is 0.795. The van der Waals surface area contributed by atoms with Gasteiger partial charge >= 0.3 is 0 Å². The van der Waals surface area contributed by atoms with Crippen LogP contribution in [0.4, 0.5) is 0 Å². The molecule has 2 N–H and O–H groups in total. The monoisotopic (exact) mass is 400 g/mol. The predicted octanol–water partition coefficient (Wildman–Crippen LogP) is 2.48. The molecule has 0 aliphatic rings. The summed E-state index contributed by atoms with van der Waals surface area (Å²) in [7, 11) is -0.514. The van der Waals surface area contributed by atoms with E-state index in [2.05, 4.69) is 15.9 Å². The van der Waals surface area contributed by atoms with Gasteiger partial charge in [-0.3, -0.25) is 0 Å². The highest BCUT2D eigenvalue weighted by Crippen LogP contribution is 2.27. The van der Waals surface area contributed by atoms with Crippen molar-refractivity contribution in [2.75, 3.05) is 27.2 Å². The summed E-state index contributed by atoms with van der Waals surface area (Å²) < 4.78 is 32.2. The van der Waals surface area contributed by atoms with Gasteiger partial charge in [-0.1, -0.05) is 29.8 Å². The molecule has 0 aliphatic carbocycles. The molecule has 0 heterocycles. The number of nitrogens with two attached hydrogens (primary N) is 1. The molecule has 0 amide bonds. The first-order valence-corrected chi connectivity index (χ1v) is 8.37. The van der Waals surface area contributed by atoms with E-state index >= 15 is 0 Å². The summed E-state index contributed by atoms with van der Waals surface area (Å²) in [6.07, 6.45) is 0. The van der Waals surface area contributed by atoms with E-state index in [1.165, 1.54) is 17.5 Å². The fourth-order valence-corrected chi connectivity index (χ4v) is 3.78. The van der Waals surface area contributed by atoms with Crippen LogP contribution in [0.1, 0.15) is 13.8 Å². The SMILES string of the molecule is COc1cc(Br)cc(S(=O)(=O)N(C)CC(C)(C)CN)c1.Cl. The number of nitrogens with zero attached hydrogens (tertiary/aromatic N) is 1. The molecule has 0 atom stereocenters. The van der Waals surface area contributed by atoms with Gasteiger partial charge in [0.05, 0.1) is 12.0 Å². The lowest BCUT2D eigenvalue weighted by Crippen LogP contribution is -2.39. The first-order chi connectivity index (χ1) is 9.12. The van der Waals surface area contributed by atoms with Gasteiger partial charge in [0.1, 0.15) is 5.75 Å². The summed E-state index contributed by atoms with van der Waals surface area (Å²) in [5.41, 5.74) is 5.38. The Morgan fingerprint density at radius 1 is 1.33 bits per heavy atom. The zero-order valence-electron chi connectivity index (χ0n) is 12.6. The fraction of sp³-hybridized carbons (Fsp3) is 0.538. The third-order valence-corrected chi connectivity index (χ3v) is 5.23. The first kappa shape index (κ1) is 20.7. The van der Waals surface area contributed by atoms with Crippen molar-refractivity contribution >= 4 is 38.4 Å². The number of hydrogen-bond donors (Lipinski definition) is 1. The van der Waals surface area contributed by atoms with E-state index in [1.807, 2.05) is 13.8 Å². The second kappa shape index (κ2) is 7.78. The van der Waals surface area contributed by atoms with Gasteiger partial charge in [-0.2, -0.15) is 0 Å². The van der Waals surface area contributed by atoms with Crippen molar-refractivity contribution in [1.29, 1.82) is 0 Å². The lowest BCUT2D eigenvalue weighted by molar-refractivity contribution is 0.292. The Morgan fingerprint density at radius 2 is 1.90 bits per heavy atom. The van der Waals surface area contributed by atoms with Crippen molar-refractivity contribution in [1.82, 2.24) is 4.31 Å². The average Bonchev–Trinajstić information content (AvgIpc) is 2.37. The molecular formula is C13H22BrClN2O3S. The smallest absolute Gasteiger partial charge is 0.243 e. The van der Waals surface area contributed by atoms with Gasteiger partial charge < -0.3 is 10.5 Å². The molecule has 0 saturated carbocycles. The number of hydrogen-bond acceptors (Lipinski definition) is 4. The van der Waals surface area contributed by atoms with Gasteiger partial charge in [-0.25, -0.2) is 12.7 Å². The van der Waals surface area contributed by atoms with Gasteiger partial charge in [0.2, 0.25) is 10.0 Å². The number of benzene rings is 1. The van der Waals surface area contributed by atoms with Crippen LogP contribution in [-0.4, -0.2) is 40.0 Å². The summed E-state index contributed by atoms with van der Waals surface area (Å²) in [5, 5.41) is 0. The maximum Gasteiger partial charge on any atom is 0.243 e. The molecule has 1 rings (SSSR count). The molecule has 0 radical (unpaired) electrons. The molecule has 122 valence electrons. The molecule has 5 nitrogen and oxygen atoms in total. The fourth-order valence-electron chi connectivity index (χ4n) is 1.74. The lowest BCUT2D eigenvalue weighted by Gasteiger charge is -2.28. The van der Waals surface area contributed by atoms with E-state index in [-0.39, 0.29) is 22.7 Å². The highest BCUT2D eigenvalue weighted by atomic mass is 79.9. The van der Waals surface area contributed by atoms with E-state index in [1.54, 1.807) is 19.2 Å². The number of ether oxygens (including phenoxy) is 1. The van der Waals surface area contributed by atoms with Crippen LogP contribution in [0.15, 0.2) is 27.6 Å². The standard InChI is InChI=1S/C13H21BrN2O3S.ClH/c1-13(2,8-15)9-16(3)20(17,18)12-6-10(14)5-11(7-12)19-4;/h5-7H,8-9,15H2,1-4H3;1H. The maximum atomic E-state index is 12.6. The molecule has 0 aliphatic heterocycles. The van der Waals surface area contributed by atoms with Crippen LogP contribution >= 0.6 is 28.3 Å². The summed E-state index contributed by atoms with van der Waals surface area (Å²) in [6.45, 7) is 4.62. The van der Waals surface area contributed by atoms with E-state index in [0.29, 0.717) is 23.3 Å². The lowest BCUT2D eigenvalue weighted by atomic mass is 9.94. The third-order valence-electron chi connectivity index (χ3n) is 2.99. The van der Waals surface area contributed by atoms with Crippen molar-refractivity contribution in [3.8, 4) is 5.75 Å². The average molecular weight is 402 g/mol. The first-order valence-electron chi connectivity index (χ1n) is 6.13. The molecule has 1 aromatic carbocycles. The van der Waals surface area contributed by atoms with Crippen LogP contribution in [0.25, 0.3) is 0 Å². The van der Waals surface area contributed by atoms with Crippen molar-refractivity contribution < 1.29 is 13.2 Å². The molecule has 0 fully saturated rings. The topological polar surface area (TPSA) is 72.6 Å². The summed E-state index contributed by atoms with van der Waals surface area (Å²) in [4.78, 5) is 0.194. The van der Waals surface area contributed by atoms with Gasteiger partial charge in [0.15, 0.2) is 0 Å². The Hall–Kier alpha value is -0.340. The molecule has 0 bridgehead atoms. The van der Waals surface area contributed by atoms with Gasteiger partial charge in [-0.05, 0) is 24.1 Å². The molecular weight excluding hydrogens is 380 g/mol. The van der Waals surface area contributed by atoms with Crippen molar-refractivity contribution in [3.63, 3.8) is 0 Å². The Bertz CT molecular complexity index is 579. The molecule has 0 aromatic heterocycles. The largest absolute Gasteiger partial charge is 0.497 e. The number of halogens is 2. The zero-order valence-corrected chi connectivity index (χ0v) is 15.8. The van der Waals surface area contributed by atoms with E-state index < -0.39 is 10.0 Å². The third kappa shape index (κ3) is 5.41.